The van der Waals surface area contributed by atoms with Crippen molar-refractivity contribution in [3.8, 4) is 0 Å². The van der Waals surface area contributed by atoms with Crippen LogP contribution in [0.2, 0.25) is 0 Å². The third kappa shape index (κ3) is 3.76. The number of piperazine rings is 1. The van der Waals surface area contributed by atoms with Crippen LogP contribution in [0.15, 0.2) is 24.5 Å². The quantitative estimate of drug-likeness (QED) is 0.795. The molecule has 2 atom stereocenters. The van der Waals surface area contributed by atoms with Crippen molar-refractivity contribution in [1.82, 2.24) is 9.88 Å². The van der Waals surface area contributed by atoms with E-state index in [1.54, 1.807) is 0 Å². The fourth-order valence-corrected chi connectivity index (χ4v) is 5.41. The normalized spacial score (nSPS) is 23.8. The lowest BCUT2D eigenvalue weighted by Crippen LogP contribution is -2.51. The first-order valence-corrected chi connectivity index (χ1v) is 10.0. The molecule has 1 aliphatic heterocycles. The molecule has 1 aromatic heterocycles. The zero-order valence-corrected chi connectivity index (χ0v) is 14.2. The summed E-state index contributed by atoms with van der Waals surface area (Å²) in [4.78, 5) is 9.41. The molecule has 1 saturated carbocycles. The van der Waals surface area contributed by atoms with Crippen molar-refractivity contribution in [3.63, 3.8) is 0 Å². The molecule has 1 aromatic rings. The Hall–Kier alpha value is -0.660. The predicted octanol–water partition coefficient (Wildman–Crippen LogP) is 3.42. The minimum Gasteiger partial charge on any atom is -0.369 e. The van der Waals surface area contributed by atoms with Crippen LogP contribution < -0.4 is 4.90 Å². The van der Waals surface area contributed by atoms with Gasteiger partial charge in [0.05, 0.1) is 0 Å². The zero-order chi connectivity index (χ0) is 14.5. The van der Waals surface area contributed by atoms with Gasteiger partial charge in [-0.1, -0.05) is 19.3 Å². The number of hydrogen-bond donors (Lipinski definition) is 0. The first-order valence-electron chi connectivity index (χ1n) is 8.45. The van der Waals surface area contributed by atoms with Crippen molar-refractivity contribution in [1.29, 1.82) is 0 Å². The Labute approximate surface area is 130 Å². The van der Waals surface area contributed by atoms with E-state index in [1.807, 2.05) is 12.4 Å². The van der Waals surface area contributed by atoms with Gasteiger partial charge in [-0.2, -0.15) is 0 Å². The highest BCUT2D eigenvalue weighted by Gasteiger charge is 2.29. The van der Waals surface area contributed by atoms with Gasteiger partial charge in [-0.25, -0.2) is 0 Å². The molecular weight excluding hydrogens is 277 g/mol. The summed E-state index contributed by atoms with van der Waals surface area (Å²) >= 11 is 0. The molecule has 1 saturated heterocycles. The minimum absolute atomic E-state index is 0.852. The predicted molar refractivity (Wildman–Crippen MR) is 92.6 cm³/mol. The van der Waals surface area contributed by atoms with Crippen LogP contribution in [-0.2, 0) is 0 Å². The molecule has 0 spiro atoms. The van der Waals surface area contributed by atoms with E-state index in [9.17, 15) is 0 Å². The molecule has 0 aromatic carbocycles. The summed E-state index contributed by atoms with van der Waals surface area (Å²) in [6.45, 7) is 7.19. The first kappa shape index (κ1) is 15.2. The Morgan fingerprint density at radius 1 is 1.05 bits per heavy atom. The molecule has 1 aliphatic carbocycles. The number of hydrogen-bond acceptors (Lipinski definition) is 3. The van der Waals surface area contributed by atoms with Crippen LogP contribution in [0, 0.1) is 5.92 Å². The molecule has 2 heterocycles. The first-order chi connectivity index (χ1) is 10.4. The maximum atomic E-state index is 4.12. The maximum Gasteiger partial charge on any atom is 0.0397 e. The van der Waals surface area contributed by atoms with Gasteiger partial charge in [0.1, 0.15) is 0 Å². The van der Waals surface area contributed by atoms with Gasteiger partial charge in [0.2, 0.25) is 0 Å². The molecule has 0 N–H and O–H groups in total. The highest BCUT2D eigenvalue weighted by Crippen LogP contribution is 2.36. The van der Waals surface area contributed by atoms with Crippen LogP contribution in [-0.4, -0.2) is 48.5 Å². The average Bonchev–Trinajstić information content (AvgIpc) is 2.58. The average molecular weight is 305 g/mol. The molecule has 116 valence electrons. The van der Waals surface area contributed by atoms with Crippen molar-refractivity contribution >= 4 is 14.3 Å². The van der Waals surface area contributed by atoms with Crippen molar-refractivity contribution in [2.45, 2.75) is 37.9 Å². The number of anilines is 1. The summed E-state index contributed by atoms with van der Waals surface area (Å²) in [7, 11) is 1.07. The topological polar surface area (TPSA) is 19.4 Å². The summed E-state index contributed by atoms with van der Waals surface area (Å²) in [6.07, 6.45) is 11.1. The summed E-state index contributed by atoms with van der Waals surface area (Å²) < 4.78 is 0. The molecular formula is C17H28N3P. The standard InChI is InChI=1S/C17H28N3P/c1-21-17(15-5-3-2-4-6-15)20-13-11-19(12-14-20)16-7-9-18-10-8-16/h7-10,15,17,21H,2-6,11-14H2,1H3. The molecule has 2 aliphatic rings. The molecule has 0 amide bonds. The van der Waals surface area contributed by atoms with Gasteiger partial charge in [-0.05, 0) is 37.6 Å². The largest absolute Gasteiger partial charge is 0.369 e. The van der Waals surface area contributed by atoms with E-state index >= 15 is 0 Å². The van der Waals surface area contributed by atoms with Crippen molar-refractivity contribution in [3.05, 3.63) is 24.5 Å². The Morgan fingerprint density at radius 3 is 2.33 bits per heavy atom. The van der Waals surface area contributed by atoms with Gasteiger partial charge in [-0.3, -0.25) is 9.88 Å². The van der Waals surface area contributed by atoms with E-state index in [1.165, 1.54) is 50.9 Å². The van der Waals surface area contributed by atoms with Crippen molar-refractivity contribution < 1.29 is 0 Å². The molecule has 0 radical (unpaired) electrons. The SMILES string of the molecule is CPC(C1CCCCC1)N1CCN(c2ccncc2)CC1. The number of rotatable bonds is 4. The van der Waals surface area contributed by atoms with E-state index in [2.05, 4.69) is 33.6 Å². The smallest absolute Gasteiger partial charge is 0.0397 e. The highest BCUT2D eigenvalue weighted by molar-refractivity contribution is 7.37. The highest BCUT2D eigenvalue weighted by atomic mass is 31.1. The van der Waals surface area contributed by atoms with E-state index < -0.39 is 0 Å². The van der Waals surface area contributed by atoms with Crippen LogP contribution >= 0.6 is 8.58 Å². The maximum absolute atomic E-state index is 4.12. The van der Waals surface area contributed by atoms with Gasteiger partial charge in [0.25, 0.3) is 0 Å². The van der Waals surface area contributed by atoms with Crippen LogP contribution in [0.4, 0.5) is 5.69 Å². The molecule has 3 rings (SSSR count). The number of nitrogens with zero attached hydrogens (tertiary/aromatic N) is 3. The second kappa shape index (κ2) is 7.56. The van der Waals surface area contributed by atoms with Gasteiger partial charge < -0.3 is 4.90 Å². The summed E-state index contributed by atoms with van der Waals surface area (Å²) in [5.41, 5.74) is 1.33. The third-order valence-electron chi connectivity index (χ3n) is 5.13. The van der Waals surface area contributed by atoms with E-state index in [0.29, 0.717) is 0 Å². The molecule has 2 unspecified atom stereocenters. The fraction of sp³-hybridized carbons (Fsp3) is 0.706. The lowest BCUT2D eigenvalue weighted by Gasteiger charge is -2.43. The van der Waals surface area contributed by atoms with Gasteiger partial charge in [0, 0.05) is 50.0 Å². The van der Waals surface area contributed by atoms with Crippen molar-refractivity contribution in [2.24, 2.45) is 5.92 Å². The number of pyridine rings is 1. The minimum atomic E-state index is 0.852. The van der Waals surface area contributed by atoms with Crippen LogP contribution in [0.1, 0.15) is 32.1 Å². The Balaban J connectivity index is 1.56. The Bertz CT molecular complexity index is 411. The molecule has 3 nitrogen and oxygen atoms in total. The van der Waals surface area contributed by atoms with E-state index in [-0.39, 0.29) is 0 Å². The van der Waals surface area contributed by atoms with Crippen LogP contribution in [0.5, 0.6) is 0 Å². The van der Waals surface area contributed by atoms with Gasteiger partial charge in [0.15, 0.2) is 0 Å². The summed E-state index contributed by atoms with van der Waals surface area (Å²) in [5.74, 6) is 1.82. The van der Waals surface area contributed by atoms with Crippen molar-refractivity contribution in [2.75, 3.05) is 37.7 Å². The molecule has 4 heteroatoms. The lowest BCUT2D eigenvalue weighted by molar-refractivity contribution is 0.167. The zero-order valence-electron chi connectivity index (χ0n) is 13.2. The molecule has 21 heavy (non-hydrogen) atoms. The molecule has 0 bridgehead atoms. The monoisotopic (exact) mass is 305 g/mol. The van der Waals surface area contributed by atoms with Crippen LogP contribution in [0.3, 0.4) is 0 Å². The van der Waals surface area contributed by atoms with Crippen LogP contribution in [0.25, 0.3) is 0 Å². The molecule has 2 fully saturated rings. The lowest BCUT2D eigenvalue weighted by atomic mass is 9.88. The number of aromatic nitrogens is 1. The van der Waals surface area contributed by atoms with E-state index in [0.717, 1.165) is 33.4 Å². The summed E-state index contributed by atoms with van der Waals surface area (Å²) in [6, 6.07) is 4.27. The van der Waals surface area contributed by atoms with E-state index in [4.69, 9.17) is 0 Å². The second-order valence-corrected chi connectivity index (χ2v) is 7.53. The summed E-state index contributed by atoms with van der Waals surface area (Å²) in [5, 5.41) is 0. The third-order valence-corrected chi connectivity index (χ3v) is 6.56. The Kier molecular flexibility index (Phi) is 5.49. The van der Waals surface area contributed by atoms with Gasteiger partial charge >= 0.3 is 0 Å². The second-order valence-electron chi connectivity index (χ2n) is 6.36. The van der Waals surface area contributed by atoms with Gasteiger partial charge in [-0.15, -0.1) is 8.58 Å². The Morgan fingerprint density at radius 2 is 1.71 bits per heavy atom. The fourth-order valence-electron chi connectivity index (χ4n) is 3.98.